The maximum Gasteiger partial charge on any atom is 0.258 e. The van der Waals surface area contributed by atoms with E-state index in [1.54, 1.807) is 0 Å². The molecule has 0 aliphatic carbocycles. The Morgan fingerprint density at radius 1 is 1.22 bits per heavy atom. The van der Waals surface area contributed by atoms with Crippen LogP contribution < -0.4 is 10.6 Å². The van der Waals surface area contributed by atoms with E-state index in [1.807, 2.05) is 26.0 Å². The number of carbonyl (C=O) groups is 1. The van der Waals surface area contributed by atoms with Crippen molar-refractivity contribution in [3.8, 4) is 0 Å². The zero-order chi connectivity index (χ0) is 17.1. The van der Waals surface area contributed by atoms with Crippen LogP contribution >= 0.6 is 39.7 Å². The number of thiocarbonyl (C=S) groups is 1. The Balaban J connectivity index is 2.12. The largest absolute Gasteiger partial charge is 0.332 e. The molecule has 2 aromatic rings. The second-order valence-electron chi connectivity index (χ2n) is 4.95. The molecule has 120 valence electrons. The van der Waals surface area contributed by atoms with Gasteiger partial charge in [0.1, 0.15) is 5.82 Å². The van der Waals surface area contributed by atoms with Crippen LogP contribution in [0.2, 0.25) is 5.02 Å². The number of carbonyl (C=O) groups excluding carboxylic acids is 1. The van der Waals surface area contributed by atoms with Crippen LogP contribution in [0, 0.1) is 19.7 Å². The monoisotopic (exact) mass is 414 g/mol. The van der Waals surface area contributed by atoms with E-state index in [2.05, 4.69) is 26.6 Å². The highest BCUT2D eigenvalue weighted by molar-refractivity contribution is 9.10. The van der Waals surface area contributed by atoms with E-state index in [0.717, 1.165) is 27.4 Å². The molecule has 0 aromatic heterocycles. The first kappa shape index (κ1) is 17.8. The third-order valence-corrected chi connectivity index (χ3v) is 4.11. The van der Waals surface area contributed by atoms with E-state index in [4.69, 9.17) is 23.8 Å². The van der Waals surface area contributed by atoms with Gasteiger partial charge in [0.25, 0.3) is 5.91 Å². The van der Waals surface area contributed by atoms with Gasteiger partial charge < -0.3 is 5.32 Å². The van der Waals surface area contributed by atoms with Crippen LogP contribution in [0.3, 0.4) is 0 Å². The zero-order valence-electron chi connectivity index (χ0n) is 12.3. The predicted molar refractivity (Wildman–Crippen MR) is 98.7 cm³/mol. The molecule has 2 aromatic carbocycles. The molecule has 23 heavy (non-hydrogen) atoms. The zero-order valence-corrected chi connectivity index (χ0v) is 15.5. The smallest absolute Gasteiger partial charge is 0.258 e. The number of halogens is 3. The summed E-state index contributed by atoms with van der Waals surface area (Å²) in [5.41, 5.74) is 2.94. The molecular weight excluding hydrogens is 403 g/mol. The number of nitrogens with one attached hydrogen (secondary N) is 2. The van der Waals surface area contributed by atoms with Gasteiger partial charge in [0.05, 0.1) is 10.6 Å². The molecular formula is C16H13BrClFN2OS. The summed E-state index contributed by atoms with van der Waals surface area (Å²) in [4.78, 5) is 12.1. The fraction of sp³-hybridized carbons (Fsp3) is 0.125. The molecule has 0 bridgehead atoms. The van der Waals surface area contributed by atoms with Crippen molar-refractivity contribution in [3.05, 3.63) is 62.3 Å². The number of hydrogen-bond donors (Lipinski definition) is 2. The lowest BCUT2D eigenvalue weighted by molar-refractivity contribution is 0.0978. The number of benzene rings is 2. The highest BCUT2D eigenvalue weighted by Gasteiger charge is 2.14. The molecule has 0 saturated heterocycles. The lowest BCUT2D eigenvalue weighted by Crippen LogP contribution is -2.34. The Morgan fingerprint density at radius 3 is 2.39 bits per heavy atom. The number of amides is 1. The number of anilines is 1. The Bertz CT molecular complexity index is 775. The number of rotatable bonds is 2. The lowest BCUT2D eigenvalue weighted by atomic mass is 10.1. The van der Waals surface area contributed by atoms with Crippen molar-refractivity contribution in [3.63, 3.8) is 0 Å². The maximum absolute atomic E-state index is 13.0. The van der Waals surface area contributed by atoms with E-state index < -0.39 is 11.7 Å². The minimum absolute atomic E-state index is 0.0290. The summed E-state index contributed by atoms with van der Waals surface area (Å²) in [6.45, 7) is 3.86. The van der Waals surface area contributed by atoms with E-state index in [1.165, 1.54) is 12.1 Å². The van der Waals surface area contributed by atoms with Gasteiger partial charge in [0.2, 0.25) is 0 Å². The van der Waals surface area contributed by atoms with Crippen molar-refractivity contribution in [2.75, 3.05) is 5.32 Å². The van der Waals surface area contributed by atoms with Crippen LogP contribution in [-0.2, 0) is 0 Å². The van der Waals surface area contributed by atoms with E-state index in [0.29, 0.717) is 0 Å². The first-order chi connectivity index (χ1) is 10.8. The Morgan fingerprint density at radius 2 is 1.83 bits per heavy atom. The molecule has 3 nitrogen and oxygen atoms in total. The average molecular weight is 416 g/mol. The maximum atomic E-state index is 13.0. The van der Waals surface area contributed by atoms with Gasteiger partial charge >= 0.3 is 0 Å². The summed E-state index contributed by atoms with van der Waals surface area (Å²) in [5, 5.41) is 5.71. The fourth-order valence-electron chi connectivity index (χ4n) is 2.10. The van der Waals surface area contributed by atoms with Gasteiger partial charge in [-0.15, -0.1) is 0 Å². The van der Waals surface area contributed by atoms with Gasteiger partial charge in [-0.25, -0.2) is 4.39 Å². The summed E-state index contributed by atoms with van der Waals surface area (Å²) < 4.78 is 14.0. The van der Waals surface area contributed by atoms with E-state index in [9.17, 15) is 9.18 Å². The molecule has 0 aliphatic heterocycles. The second kappa shape index (κ2) is 7.38. The van der Waals surface area contributed by atoms with E-state index >= 15 is 0 Å². The SMILES string of the molecule is Cc1cc(Br)cc(C)c1NC(=S)NC(=O)c1ccc(F)cc1Cl. The molecule has 0 atom stereocenters. The molecule has 0 heterocycles. The molecule has 0 radical (unpaired) electrons. The average Bonchev–Trinajstić information content (AvgIpc) is 2.42. The van der Waals surface area contributed by atoms with Crippen molar-refractivity contribution in [1.82, 2.24) is 5.32 Å². The standard InChI is InChI=1S/C16H13BrClFN2OS/c1-8-5-10(17)6-9(2)14(8)20-16(23)21-15(22)12-4-3-11(19)7-13(12)18/h3-7H,1-2H3,(H2,20,21,22,23). The normalized spacial score (nSPS) is 10.3. The fourth-order valence-corrected chi connectivity index (χ4v) is 3.23. The van der Waals surface area contributed by atoms with E-state index in [-0.39, 0.29) is 15.7 Å². The molecule has 1 amide bonds. The second-order valence-corrected chi connectivity index (χ2v) is 6.68. The Kier molecular flexibility index (Phi) is 5.73. The third-order valence-electron chi connectivity index (χ3n) is 3.14. The molecule has 7 heteroatoms. The minimum Gasteiger partial charge on any atom is -0.332 e. The minimum atomic E-state index is -0.506. The van der Waals surface area contributed by atoms with Crippen molar-refractivity contribution in [1.29, 1.82) is 0 Å². The molecule has 0 saturated carbocycles. The van der Waals surface area contributed by atoms with Crippen molar-refractivity contribution >= 4 is 56.5 Å². The summed E-state index contributed by atoms with van der Waals surface area (Å²) >= 11 is 14.4. The Hall–Kier alpha value is -1.50. The summed E-state index contributed by atoms with van der Waals surface area (Å²) in [6, 6.07) is 7.44. The molecule has 0 unspecified atom stereocenters. The third kappa shape index (κ3) is 4.50. The van der Waals surface area contributed by atoms with Crippen molar-refractivity contribution < 1.29 is 9.18 Å². The molecule has 2 rings (SSSR count). The molecule has 0 spiro atoms. The topological polar surface area (TPSA) is 41.1 Å². The lowest BCUT2D eigenvalue weighted by Gasteiger charge is -2.15. The van der Waals surface area contributed by atoms with Crippen LogP contribution in [0.25, 0.3) is 0 Å². The highest BCUT2D eigenvalue weighted by atomic mass is 79.9. The molecule has 0 aliphatic rings. The number of hydrogen-bond acceptors (Lipinski definition) is 2. The van der Waals surface area contributed by atoms with Crippen LogP contribution in [0.15, 0.2) is 34.8 Å². The van der Waals surface area contributed by atoms with Gasteiger partial charge in [-0.2, -0.15) is 0 Å². The van der Waals surface area contributed by atoms with Crippen LogP contribution in [0.5, 0.6) is 0 Å². The van der Waals surface area contributed by atoms with Gasteiger partial charge in [-0.3, -0.25) is 10.1 Å². The highest BCUT2D eigenvalue weighted by Crippen LogP contribution is 2.25. The first-order valence-corrected chi connectivity index (χ1v) is 8.20. The first-order valence-electron chi connectivity index (χ1n) is 6.62. The van der Waals surface area contributed by atoms with Crippen LogP contribution in [-0.4, -0.2) is 11.0 Å². The van der Waals surface area contributed by atoms with Crippen LogP contribution in [0.1, 0.15) is 21.5 Å². The summed E-state index contributed by atoms with van der Waals surface area (Å²) in [5.74, 6) is -1.01. The van der Waals surface area contributed by atoms with Gasteiger partial charge in [-0.1, -0.05) is 27.5 Å². The Labute approximate surface area is 152 Å². The summed E-state index contributed by atoms with van der Waals surface area (Å²) in [6.07, 6.45) is 0. The predicted octanol–water partition coefficient (Wildman–Crippen LogP) is 4.99. The van der Waals surface area contributed by atoms with Gasteiger partial charge in [0, 0.05) is 10.2 Å². The molecule has 0 fully saturated rings. The quantitative estimate of drug-likeness (QED) is 0.679. The van der Waals surface area contributed by atoms with Crippen molar-refractivity contribution in [2.45, 2.75) is 13.8 Å². The molecule has 2 N–H and O–H groups in total. The van der Waals surface area contributed by atoms with Gasteiger partial charge in [0.15, 0.2) is 5.11 Å². The van der Waals surface area contributed by atoms with Crippen LogP contribution in [0.4, 0.5) is 10.1 Å². The summed E-state index contributed by atoms with van der Waals surface area (Å²) in [7, 11) is 0. The van der Waals surface area contributed by atoms with Crippen molar-refractivity contribution in [2.24, 2.45) is 0 Å². The van der Waals surface area contributed by atoms with Gasteiger partial charge in [-0.05, 0) is 67.5 Å². The number of aryl methyl sites for hydroxylation is 2.